The molecule has 0 saturated heterocycles. The number of carbonyl (C=O) groups is 1. The molecule has 0 spiro atoms. The molecule has 3 nitrogen and oxygen atoms in total. The van der Waals surface area contributed by atoms with Gasteiger partial charge in [0.2, 0.25) is 0 Å². The first kappa shape index (κ1) is 13.4. The van der Waals surface area contributed by atoms with Gasteiger partial charge >= 0.3 is 0 Å². The molecule has 2 unspecified atom stereocenters. The lowest BCUT2D eigenvalue weighted by Gasteiger charge is -2.18. The summed E-state index contributed by atoms with van der Waals surface area (Å²) in [5.41, 5.74) is 2.07. The van der Waals surface area contributed by atoms with Crippen molar-refractivity contribution in [3.8, 4) is 0 Å². The van der Waals surface area contributed by atoms with Crippen LogP contribution in [0.4, 0.5) is 0 Å². The number of aliphatic hydroxyl groups is 2. The van der Waals surface area contributed by atoms with Gasteiger partial charge in [0.15, 0.2) is 5.78 Å². The fourth-order valence-corrected chi connectivity index (χ4v) is 1.87. The van der Waals surface area contributed by atoms with Gasteiger partial charge in [0.25, 0.3) is 0 Å². The number of hydrogen-bond acceptors (Lipinski definition) is 3. The van der Waals surface area contributed by atoms with Crippen molar-refractivity contribution in [3.05, 3.63) is 34.9 Å². The van der Waals surface area contributed by atoms with E-state index in [9.17, 15) is 15.0 Å². The zero-order valence-electron chi connectivity index (χ0n) is 9.27. The molecule has 2 atom stereocenters. The molecule has 0 aliphatic rings. The van der Waals surface area contributed by atoms with Gasteiger partial charge in [0, 0.05) is 10.9 Å². The number of benzene rings is 1. The Morgan fingerprint density at radius 3 is 2.50 bits per heavy atom. The molecule has 0 aliphatic carbocycles. The maximum absolute atomic E-state index is 11.1. The Bertz CT molecular complexity index is 390. The lowest BCUT2D eigenvalue weighted by Crippen LogP contribution is -2.20. The van der Waals surface area contributed by atoms with Gasteiger partial charge < -0.3 is 10.2 Å². The maximum Gasteiger partial charge on any atom is 0.159 e. The fraction of sp³-hybridized carbons (Fsp3) is 0.417. The van der Waals surface area contributed by atoms with Gasteiger partial charge in [-0.25, -0.2) is 0 Å². The molecule has 4 heteroatoms. The number of ketones is 1. The SMILES string of the molecule is CC(=O)c1ccc(C(O)C(O)CBr)c(C)c1. The molecule has 0 fully saturated rings. The first-order valence-corrected chi connectivity index (χ1v) is 6.13. The van der Waals surface area contributed by atoms with E-state index < -0.39 is 12.2 Å². The summed E-state index contributed by atoms with van der Waals surface area (Å²) in [6, 6.07) is 5.07. The minimum absolute atomic E-state index is 0.00909. The topological polar surface area (TPSA) is 57.5 Å². The number of halogens is 1. The molecule has 1 aromatic rings. The number of aryl methyl sites for hydroxylation is 1. The Morgan fingerprint density at radius 2 is 2.06 bits per heavy atom. The van der Waals surface area contributed by atoms with Gasteiger partial charge in [-0.3, -0.25) is 4.79 Å². The molecule has 88 valence electrons. The van der Waals surface area contributed by atoms with E-state index in [4.69, 9.17) is 0 Å². The predicted octanol–water partition coefficient (Wildman–Crippen LogP) is 1.99. The molecule has 0 saturated carbocycles. The second-order valence-electron chi connectivity index (χ2n) is 3.79. The van der Waals surface area contributed by atoms with E-state index in [1.807, 2.05) is 6.92 Å². The molecule has 0 bridgehead atoms. The Hall–Kier alpha value is -0.710. The van der Waals surface area contributed by atoms with Crippen molar-refractivity contribution in [2.45, 2.75) is 26.1 Å². The molecule has 1 rings (SSSR count). The summed E-state index contributed by atoms with van der Waals surface area (Å²) >= 11 is 3.11. The van der Waals surface area contributed by atoms with E-state index in [0.717, 1.165) is 5.56 Å². The Balaban J connectivity index is 3.03. The van der Waals surface area contributed by atoms with Crippen LogP contribution >= 0.6 is 15.9 Å². The average Bonchev–Trinajstić information content (AvgIpc) is 2.26. The highest BCUT2D eigenvalue weighted by Gasteiger charge is 2.19. The molecule has 2 N–H and O–H groups in total. The van der Waals surface area contributed by atoms with Crippen LogP contribution < -0.4 is 0 Å². The normalized spacial score (nSPS) is 14.6. The van der Waals surface area contributed by atoms with Crippen LogP contribution in [0.5, 0.6) is 0 Å². The van der Waals surface area contributed by atoms with Gasteiger partial charge in [-0.1, -0.05) is 28.1 Å². The van der Waals surface area contributed by atoms with Crippen molar-refractivity contribution in [1.29, 1.82) is 0 Å². The highest BCUT2D eigenvalue weighted by atomic mass is 79.9. The molecule has 0 radical (unpaired) electrons. The zero-order valence-corrected chi connectivity index (χ0v) is 10.9. The third-order valence-corrected chi connectivity index (χ3v) is 3.18. The van der Waals surface area contributed by atoms with Crippen molar-refractivity contribution >= 4 is 21.7 Å². The van der Waals surface area contributed by atoms with E-state index in [-0.39, 0.29) is 5.78 Å². The molecule has 16 heavy (non-hydrogen) atoms. The van der Waals surface area contributed by atoms with Crippen LogP contribution in [0.3, 0.4) is 0 Å². The van der Waals surface area contributed by atoms with Crippen LogP contribution in [0.2, 0.25) is 0 Å². The number of alkyl halides is 1. The van der Waals surface area contributed by atoms with Crippen LogP contribution in [-0.4, -0.2) is 27.4 Å². The summed E-state index contributed by atoms with van der Waals surface area (Å²) in [7, 11) is 0. The monoisotopic (exact) mass is 286 g/mol. The van der Waals surface area contributed by atoms with Gasteiger partial charge in [-0.15, -0.1) is 0 Å². The fourth-order valence-electron chi connectivity index (χ4n) is 1.52. The average molecular weight is 287 g/mol. The van der Waals surface area contributed by atoms with E-state index >= 15 is 0 Å². The Kier molecular flexibility index (Phi) is 4.65. The summed E-state index contributed by atoms with van der Waals surface area (Å²) in [5, 5.41) is 19.7. The van der Waals surface area contributed by atoms with Crippen LogP contribution in [0.25, 0.3) is 0 Å². The van der Waals surface area contributed by atoms with Crippen molar-refractivity contribution in [2.75, 3.05) is 5.33 Å². The lowest BCUT2D eigenvalue weighted by molar-refractivity contribution is 0.0339. The zero-order chi connectivity index (χ0) is 12.3. The van der Waals surface area contributed by atoms with Gasteiger partial charge in [0.1, 0.15) is 6.10 Å². The summed E-state index contributed by atoms with van der Waals surface area (Å²) in [6.45, 7) is 3.31. The minimum Gasteiger partial charge on any atom is -0.389 e. The second-order valence-corrected chi connectivity index (χ2v) is 4.44. The summed E-state index contributed by atoms with van der Waals surface area (Å²) in [4.78, 5) is 11.1. The third-order valence-electron chi connectivity index (χ3n) is 2.52. The van der Waals surface area contributed by atoms with Crippen LogP contribution in [0.1, 0.15) is 34.5 Å². The smallest absolute Gasteiger partial charge is 0.159 e. The highest BCUT2D eigenvalue weighted by molar-refractivity contribution is 9.09. The van der Waals surface area contributed by atoms with E-state index in [0.29, 0.717) is 16.5 Å². The second kappa shape index (κ2) is 5.57. The lowest BCUT2D eigenvalue weighted by atomic mass is 9.97. The van der Waals surface area contributed by atoms with Crippen LogP contribution in [-0.2, 0) is 0 Å². The summed E-state index contributed by atoms with van der Waals surface area (Å²) in [6.07, 6.45) is -1.78. The van der Waals surface area contributed by atoms with E-state index in [2.05, 4.69) is 15.9 Å². The first-order chi connectivity index (χ1) is 7.47. The summed E-state index contributed by atoms with van der Waals surface area (Å²) < 4.78 is 0. The number of carbonyl (C=O) groups excluding carboxylic acids is 1. The predicted molar refractivity (Wildman–Crippen MR) is 65.9 cm³/mol. The largest absolute Gasteiger partial charge is 0.389 e. The van der Waals surface area contributed by atoms with Gasteiger partial charge in [-0.2, -0.15) is 0 Å². The number of rotatable bonds is 4. The molecule has 0 amide bonds. The highest BCUT2D eigenvalue weighted by Crippen LogP contribution is 2.23. The maximum atomic E-state index is 11.1. The number of hydrogen-bond donors (Lipinski definition) is 2. The van der Waals surface area contributed by atoms with Crippen molar-refractivity contribution in [1.82, 2.24) is 0 Å². The molecule has 0 heterocycles. The Morgan fingerprint density at radius 1 is 1.44 bits per heavy atom. The first-order valence-electron chi connectivity index (χ1n) is 5.01. The van der Waals surface area contributed by atoms with Gasteiger partial charge in [0.05, 0.1) is 6.10 Å². The molecule has 1 aromatic carbocycles. The number of aliphatic hydroxyl groups excluding tert-OH is 2. The van der Waals surface area contributed by atoms with E-state index in [1.165, 1.54) is 6.92 Å². The van der Waals surface area contributed by atoms with E-state index in [1.54, 1.807) is 18.2 Å². The molecule has 0 aliphatic heterocycles. The van der Waals surface area contributed by atoms with Gasteiger partial charge in [-0.05, 0) is 31.0 Å². The minimum atomic E-state index is -0.930. The van der Waals surface area contributed by atoms with Crippen molar-refractivity contribution in [3.63, 3.8) is 0 Å². The van der Waals surface area contributed by atoms with Crippen molar-refractivity contribution < 1.29 is 15.0 Å². The quantitative estimate of drug-likeness (QED) is 0.657. The van der Waals surface area contributed by atoms with Crippen molar-refractivity contribution in [2.24, 2.45) is 0 Å². The summed E-state index contributed by atoms with van der Waals surface area (Å²) in [5.74, 6) is -0.00909. The molecular formula is C12H15BrO3. The molecular weight excluding hydrogens is 272 g/mol. The van der Waals surface area contributed by atoms with Crippen LogP contribution in [0.15, 0.2) is 18.2 Å². The molecule has 0 aromatic heterocycles. The third kappa shape index (κ3) is 2.90. The standard InChI is InChI=1S/C12H15BrO3/c1-7-5-9(8(2)14)3-4-10(7)12(16)11(15)6-13/h3-5,11-12,15-16H,6H2,1-2H3. The number of Topliss-reactive ketones (excluding diaryl/α,β-unsaturated/α-hetero) is 1. The Labute approximate surface area is 103 Å². The van der Waals surface area contributed by atoms with Crippen LogP contribution in [0, 0.1) is 6.92 Å².